The van der Waals surface area contributed by atoms with E-state index in [0.29, 0.717) is 11.5 Å². The maximum Gasteiger partial charge on any atom is 0.339 e. The maximum absolute atomic E-state index is 11.6. The summed E-state index contributed by atoms with van der Waals surface area (Å²) in [7, 11) is 0. The first-order chi connectivity index (χ1) is 9.20. The van der Waals surface area contributed by atoms with Crippen LogP contribution in [0.25, 0.3) is 10.2 Å². The predicted octanol–water partition coefficient (Wildman–Crippen LogP) is 2.77. The first kappa shape index (κ1) is 12.6. The van der Waals surface area contributed by atoms with E-state index in [1.54, 1.807) is 24.3 Å². The number of thiazole rings is 1. The Morgan fingerprint density at radius 3 is 3.05 bits per heavy atom. The van der Waals surface area contributed by atoms with Gasteiger partial charge in [0.2, 0.25) is 0 Å². The van der Waals surface area contributed by atoms with Crippen LogP contribution < -0.4 is 0 Å². The van der Waals surface area contributed by atoms with E-state index in [1.807, 2.05) is 12.1 Å². The molecule has 5 heteroatoms. The highest BCUT2D eigenvalue weighted by Crippen LogP contribution is 2.44. The number of carbonyl (C=O) groups excluding carboxylic acids is 1. The number of para-hydroxylation sites is 1. The Morgan fingerprint density at radius 1 is 1.58 bits per heavy atom. The number of fused-ring (bicyclic) bond motifs is 1. The standard InChI is InChI=1S/C14H15NO3S/c1-2-18-14(17)12(16)9-4-3-5-10-11(9)15-13(19-10)8-6-7-8/h3-5,8,12,16H,2,6-7H2,1H3. The molecule has 0 radical (unpaired) electrons. The SMILES string of the molecule is CCOC(=O)C(O)c1cccc2sc(C3CC3)nc12. The van der Waals surface area contributed by atoms with Crippen molar-refractivity contribution in [1.82, 2.24) is 4.98 Å². The number of hydrogen-bond donors (Lipinski definition) is 1. The largest absolute Gasteiger partial charge is 0.464 e. The molecule has 1 heterocycles. The van der Waals surface area contributed by atoms with Crippen molar-refractivity contribution in [3.8, 4) is 0 Å². The molecule has 1 saturated carbocycles. The van der Waals surface area contributed by atoms with Gasteiger partial charge in [0.05, 0.1) is 21.8 Å². The molecular formula is C14H15NO3S. The normalized spacial score (nSPS) is 16.5. The Labute approximate surface area is 115 Å². The third-order valence-corrected chi connectivity index (χ3v) is 4.38. The Balaban J connectivity index is 2.00. The van der Waals surface area contributed by atoms with Gasteiger partial charge in [-0.25, -0.2) is 9.78 Å². The van der Waals surface area contributed by atoms with Gasteiger partial charge in [-0.3, -0.25) is 0 Å². The number of ether oxygens (including phenoxy) is 1. The Bertz CT molecular complexity index is 618. The summed E-state index contributed by atoms with van der Waals surface area (Å²) in [5.41, 5.74) is 1.27. The number of hydrogen-bond acceptors (Lipinski definition) is 5. The number of benzene rings is 1. The van der Waals surface area contributed by atoms with Crippen LogP contribution in [0.3, 0.4) is 0 Å². The second-order valence-corrected chi connectivity index (χ2v) is 5.74. The van der Waals surface area contributed by atoms with Gasteiger partial charge in [0.25, 0.3) is 0 Å². The lowest BCUT2D eigenvalue weighted by atomic mass is 10.1. The summed E-state index contributed by atoms with van der Waals surface area (Å²) in [5.74, 6) is -0.0408. The third kappa shape index (κ3) is 2.35. The van der Waals surface area contributed by atoms with Gasteiger partial charge in [-0.15, -0.1) is 11.3 Å². The molecule has 0 bridgehead atoms. The zero-order valence-corrected chi connectivity index (χ0v) is 11.4. The van der Waals surface area contributed by atoms with Crippen LogP contribution in [-0.4, -0.2) is 22.7 Å². The van der Waals surface area contributed by atoms with Crippen LogP contribution >= 0.6 is 11.3 Å². The molecule has 1 aliphatic carbocycles. The van der Waals surface area contributed by atoms with Crippen molar-refractivity contribution in [1.29, 1.82) is 0 Å². The molecule has 2 aromatic rings. The first-order valence-corrected chi connectivity index (χ1v) is 7.26. The molecular weight excluding hydrogens is 262 g/mol. The van der Waals surface area contributed by atoms with Crippen LogP contribution in [0.2, 0.25) is 0 Å². The molecule has 4 nitrogen and oxygen atoms in total. The monoisotopic (exact) mass is 277 g/mol. The third-order valence-electron chi connectivity index (χ3n) is 3.20. The van der Waals surface area contributed by atoms with Crippen LogP contribution in [0.1, 0.15) is 42.4 Å². The molecule has 1 atom stereocenters. The van der Waals surface area contributed by atoms with E-state index < -0.39 is 12.1 Å². The molecule has 1 unspecified atom stereocenters. The minimum atomic E-state index is -1.25. The van der Waals surface area contributed by atoms with Gasteiger partial charge in [0, 0.05) is 11.5 Å². The lowest BCUT2D eigenvalue weighted by molar-refractivity contribution is -0.153. The van der Waals surface area contributed by atoms with Crippen molar-refractivity contribution in [2.45, 2.75) is 31.8 Å². The summed E-state index contributed by atoms with van der Waals surface area (Å²) < 4.78 is 5.88. The molecule has 1 aromatic heterocycles. The summed E-state index contributed by atoms with van der Waals surface area (Å²) in [5, 5.41) is 11.2. The van der Waals surface area contributed by atoms with E-state index >= 15 is 0 Å². The number of aliphatic hydroxyl groups excluding tert-OH is 1. The minimum absolute atomic E-state index is 0.260. The maximum atomic E-state index is 11.6. The highest BCUT2D eigenvalue weighted by Gasteiger charge is 2.29. The lowest BCUT2D eigenvalue weighted by Gasteiger charge is -2.10. The number of aromatic nitrogens is 1. The number of esters is 1. The molecule has 0 spiro atoms. The summed E-state index contributed by atoms with van der Waals surface area (Å²) in [4.78, 5) is 16.2. The molecule has 1 aliphatic rings. The van der Waals surface area contributed by atoms with Crippen molar-refractivity contribution in [2.24, 2.45) is 0 Å². The van der Waals surface area contributed by atoms with Crippen LogP contribution in [-0.2, 0) is 9.53 Å². The lowest BCUT2D eigenvalue weighted by Crippen LogP contribution is -2.15. The Morgan fingerprint density at radius 2 is 2.37 bits per heavy atom. The molecule has 0 saturated heterocycles. The smallest absolute Gasteiger partial charge is 0.339 e. The summed E-state index contributed by atoms with van der Waals surface area (Å²) in [6.45, 7) is 1.98. The van der Waals surface area contributed by atoms with Crippen LogP contribution in [0.15, 0.2) is 18.2 Å². The molecule has 1 aromatic carbocycles. The van der Waals surface area contributed by atoms with E-state index in [0.717, 1.165) is 15.2 Å². The Hall–Kier alpha value is -1.46. The summed E-state index contributed by atoms with van der Waals surface area (Å²) in [6, 6.07) is 5.55. The van der Waals surface area contributed by atoms with Crippen molar-refractivity contribution < 1.29 is 14.6 Å². The van der Waals surface area contributed by atoms with Gasteiger partial charge in [-0.1, -0.05) is 12.1 Å². The number of nitrogens with zero attached hydrogens (tertiary/aromatic N) is 1. The van der Waals surface area contributed by atoms with Gasteiger partial charge >= 0.3 is 5.97 Å². The van der Waals surface area contributed by atoms with Crippen molar-refractivity contribution >= 4 is 27.5 Å². The predicted molar refractivity (Wildman–Crippen MR) is 73.2 cm³/mol. The molecule has 1 fully saturated rings. The fourth-order valence-corrected chi connectivity index (χ4v) is 3.23. The highest BCUT2D eigenvalue weighted by molar-refractivity contribution is 7.18. The number of carbonyl (C=O) groups is 1. The average molecular weight is 277 g/mol. The fourth-order valence-electron chi connectivity index (χ4n) is 2.06. The van der Waals surface area contributed by atoms with Gasteiger partial charge < -0.3 is 9.84 Å². The van der Waals surface area contributed by atoms with E-state index in [1.165, 1.54) is 12.8 Å². The molecule has 3 rings (SSSR count). The molecule has 0 amide bonds. The quantitative estimate of drug-likeness (QED) is 0.873. The summed E-state index contributed by atoms with van der Waals surface area (Å²) in [6.07, 6.45) is 1.13. The minimum Gasteiger partial charge on any atom is -0.464 e. The summed E-state index contributed by atoms with van der Waals surface area (Å²) >= 11 is 1.65. The van der Waals surface area contributed by atoms with E-state index in [4.69, 9.17) is 4.74 Å². The topological polar surface area (TPSA) is 59.4 Å². The zero-order chi connectivity index (χ0) is 13.4. The molecule has 100 valence electrons. The molecule has 0 aliphatic heterocycles. The first-order valence-electron chi connectivity index (χ1n) is 6.44. The van der Waals surface area contributed by atoms with Crippen molar-refractivity contribution in [3.63, 3.8) is 0 Å². The molecule has 19 heavy (non-hydrogen) atoms. The molecule has 1 N–H and O–H groups in total. The van der Waals surface area contributed by atoms with E-state index in [-0.39, 0.29) is 6.61 Å². The van der Waals surface area contributed by atoms with Gasteiger partial charge in [-0.05, 0) is 25.8 Å². The number of rotatable bonds is 4. The van der Waals surface area contributed by atoms with Crippen LogP contribution in [0.4, 0.5) is 0 Å². The van der Waals surface area contributed by atoms with Crippen LogP contribution in [0.5, 0.6) is 0 Å². The average Bonchev–Trinajstić information content (AvgIpc) is 3.17. The van der Waals surface area contributed by atoms with E-state index in [9.17, 15) is 9.90 Å². The zero-order valence-electron chi connectivity index (χ0n) is 10.6. The van der Waals surface area contributed by atoms with Gasteiger partial charge in [0.15, 0.2) is 6.10 Å². The van der Waals surface area contributed by atoms with Crippen molar-refractivity contribution in [3.05, 3.63) is 28.8 Å². The second kappa shape index (κ2) is 4.90. The highest BCUT2D eigenvalue weighted by atomic mass is 32.1. The van der Waals surface area contributed by atoms with Gasteiger partial charge in [-0.2, -0.15) is 0 Å². The number of aliphatic hydroxyl groups is 1. The van der Waals surface area contributed by atoms with Crippen LogP contribution in [0, 0.1) is 0 Å². The van der Waals surface area contributed by atoms with Gasteiger partial charge in [0.1, 0.15) is 0 Å². The van der Waals surface area contributed by atoms with E-state index in [2.05, 4.69) is 4.98 Å². The Kier molecular flexibility index (Phi) is 3.24. The van der Waals surface area contributed by atoms with Crippen molar-refractivity contribution in [2.75, 3.05) is 6.61 Å². The second-order valence-electron chi connectivity index (χ2n) is 4.67. The fraction of sp³-hybridized carbons (Fsp3) is 0.429.